The summed E-state index contributed by atoms with van der Waals surface area (Å²) in [6, 6.07) is 4.79. The van der Waals surface area contributed by atoms with Crippen LogP contribution in [0.25, 0.3) is 0 Å². The van der Waals surface area contributed by atoms with Crippen LogP contribution >= 0.6 is 0 Å². The monoisotopic (exact) mass is 222 g/mol. The molecular weight excluding hydrogens is 203 g/mol. The lowest BCUT2D eigenvalue weighted by molar-refractivity contribution is 0.315. The summed E-state index contributed by atoms with van der Waals surface area (Å²) in [5.41, 5.74) is 7.11. The molecule has 1 fully saturated rings. The molecule has 1 aromatic rings. The molecule has 2 atom stereocenters. The van der Waals surface area contributed by atoms with Crippen molar-refractivity contribution in [3.8, 4) is 0 Å². The Morgan fingerprint density at radius 3 is 2.44 bits per heavy atom. The lowest BCUT2D eigenvalue weighted by Crippen LogP contribution is -2.20. The van der Waals surface area contributed by atoms with E-state index in [1.165, 1.54) is 6.07 Å². The number of anilines is 1. The zero-order valence-electron chi connectivity index (χ0n) is 9.91. The van der Waals surface area contributed by atoms with Crippen LogP contribution < -0.4 is 5.73 Å². The normalized spacial score (nSPS) is 26.2. The van der Waals surface area contributed by atoms with Crippen LogP contribution in [0.3, 0.4) is 0 Å². The Labute approximate surface area is 96.2 Å². The topological polar surface area (TPSA) is 29.3 Å². The standard InChI is InChI=1S/C13H19FN2/c1-9-6-16(7-10(9)2)8-11-3-12(14)5-13(15)4-11/h3-5,9-10H,6-8,15H2,1-2H3. The number of halogens is 1. The lowest BCUT2D eigenvalue weighted by atomic mass is 10.0. The third-order valence-corrected chi connectivity index (χ3v) is 3.45. The van der Waals surface area contributed by atoms with E-state index in [2.05, 4.69) is 18.7 Å². The third-order valence-electron chi connectivity index (χ3n) is 3.45. The van der Waals surface area contributed by atoms with Crippen LogP contribution in [0.2, 0.25) is 0 Å². The number of rotatable bonds is 2. The van der Waals surface area contributed by atoms with Gasteiger partial charge in [-0.2, -0.15) is 0 Å². The number of benzene rings is 1. The van der Waals surface area contributed by atoms with E-state index in [0.717, 1.165) is 37.0 Å². The fourth-order valence-corrected chi connectivity index (χ4v) is 2.40. The van der Waals surface area contributed by atoms with Gasteiger partial charge in [0.1, 0.15) is 5.82 Å². The number of hydrogen-bond acceptors (Lipinski definition) is 2. The summed E-state index contributed by atoms with van der Waals surface area (Å²) in [6.45, 7) is 7.53. The van der Waals surface area contributed by atoms with E-state index in [1.807, 2.05) is 6.07 Å². The molecule has 0 bridgehead atoms. The van der Waals surface area contributed by atoms with Crippen molar-refractivity contribution in [1.29, 1.82) is 0 Å². The first kappa shape index (κ1) is 11.4. The molecule has 0 spiro atoms. The Bertz CT molecular complexity index is 348. The van der Waals surface area contributed by atoms with Crippen LogP contribution in [0.4, 0.5) is 10.1 Å². The summed E-state index contributed by atoms with van der Waals surface area (Å²) in [4.78, 5) is 2.36. The number of nitrogen functional groups attached to an aromatic ring is 1. The molecule has 0 radical (unpaired) electrons. The highest BCUT2D eigenvalue weighted by atomic mass is 19.1. The van der Waals surface area contributed by atoms with Crippen molar-refractivity contribution in [3.05, 3.63) is 29.6 Å². The van der Waals surface area contributed by atoms with E-state index >= 15 is 0 Å². The van der Waals surface area contributed by atoms with Gasteiger partial charge in [0.2, 0.25) is 0 Å². The Hall–Kier alpha value is -1.09. The molecule has 16 heavy (non-hydrogen) atoms. The van der Waals surface area contributed by atoms with Crippen LogP contribution in [-0.2, 0) is 6.54 Å². The summed E-state index contributed by atoms with van der Waals surface area (Å²) < 4.78 is 13.2. The van der Waals surface area contributed by atoms with Crippen molar-refractivity contribution in [1.82, 2.24) is 4.90 Å². The minimum Gasteiger partial charge on any atom is -0.399 e. The third kappa shape index (κ3) is 2.53. The van der Waals surface area contributed by atoms with Crippen LogP contribution in [0.15, 0.2) is 18.2 Å². The van der Waals surface area contributed by atoms with E-state index in [0.29, 0.717) is 5.69 Å². The van der Waals surface area contributed by atoms with E-state index in [-0.39, 0.29) is 5.82 Å². The molecule has 0 aromatic heterocycles. The fraction of sp³-hybridized carbons (Fsp3) is 0.538. The van der Waals surface area contributed by atoms with E-state index < -0.39 is 0 Å². The highest BCUT2D eigenvalue weighted by Crippen LogP contribution is 2.24. The van der Waals surface area contributed by atoms with E-state index in [9.17, 15) is 4.39 Å². The second kappa shape index (κ2) is 4.42. The maximum Gasteiger partial charge on any atom is 0.125 e. The first-order chi connectivity index (χ1) is 7.54. The molecule has 3 heteroatoms. The fourth-order valence-electron chi connectivity index (χ4n) is 2.40. The van der Waals surface area contributed by atoms with Gasteiger partial charge in [0, 0.05) is 25.3 Å². The highest BCUT2D eigenvalue weighted by Gasteiger charge is 2.25. The second-order valence-electron chi connectivity index (χ2n) is 5.04. The maximum atomic E-state index is 13.2. The van der Waals surface area contributed by atoms with Gasteiger partial charge in [-0.3, -0.25) is 4.90 Å². The maximum absolute atomic E-state index is 13.2. The van der Waals surface area contributed by atoms with Crippen LogP contribution in [0.1, 0.15) is 19.4 Å². The molecule has 1 heterocycles. The molecule has 88 valence electrons. The summed E-state index contributed by atoms with van der Waals surface area (Å²) in [7, 11) is 0. The molecule has 2 nitrogen and oxygen atoms in total. The highest BCUT2D eigenvalue weighted by molar-refractivity contribution is 5.41. The largest absolute Gasteiger partial charge is 0.399 e. The van der Waals surface area contributed by atoms with Crippen molar-refractivity contribution in [2.45, 2.75) is 20.4 Å². The molecule has 0 saturated carbocycles. The first-order valence-electron chi connectivity index (χ1n) is 5.82. The van der Waals surface area contributed by atoms with Gasteiger partial charge < -0.3 is 5.73 Å². The van der Waals surface area contributed by atoms with Gasteiger partial charge in [0.25, 0.3) is 0 Å². The second-order valence-corrected chi connectivity index (χ2v) is 5.04. The molecule has 1 saturated heterocycles. The van der Waals surface area contributed by atoms with Gasteiger partial charge >= 0.3 is 0 Å². The Balaban J connectivity index is 2.04. The van der Waals surface area contributed by atoms with Gasteiger partial charge in [0.05, 0.1) is 0 Å². The number of likely N-dealkylation sites (tertiary alicyclic amines) is 1. The van der Waals surface area contributed by atoms with Gasteiger partial charge in [0.15, 0.2) is 0 Å². The predicted molar refractivity (Wildman–Crippen MR) is 64.4 cm³/mol. The van der Waals surface area contributed by atoms with Crippen molar-refractivity contribution in [3.63, 3.8) is 0 Å². The Morgan fingerprint density at radius 2 is 1.88 bits per heavy atom. The van der Waals surface area contributed by atoms with Gasteiger partial charge in [-0.25, -0.2) is 4.39 Å². The number of hydrogen-bond donors (Lipinski definition) is 1. The molecule has 0 aliphatic carbocycles. The molecule has 0 amide bonds. The van der Waals surface area contributed by atoms with Crippen molar-refractivity contribution in [2.75, 3.05) is 18.8 Å². The minimum atomic E-state index is -0.240. The predicted octanol–water partition coefficient (Wildman–Crippen LogP) is 2.50. The zero-order valence-corrected chi connectivity index (χ0v) is 9.91. The average Bonchev–Trinajstić information content (AvgIpc) is 2.43. The van der Waals surface area contributed by atoms with E-state index in [1.54, 1.807) is 6.07 Å². The summed E-state index contributed by atoms with van der Waals surface area (Å²) in [5.74, 6) is 1.21. The SMILES string of the molecule is CC1CN(Cc2cc(N)cc(F)c2)CC1C. The number of nitrogens with zero attached hydrogens (tertiary/aromatic N) is 1. The van der Waals surface area contributed by atoms with Crippen LogP contribution in [-0.4, -0.2) is 18.0 Å². The molecule has 2 rings (SSSR count). The molecular formula is C13H19FN2. The summed E-state index contributed by atoms with van der Waals surface area (Å²) in [6.07, 6.45) is 0. The molecule has 2 N–H and O–H groups in total. The van der Waals surface area contributed by atoms with Gasteiger partial charge in [-0.05, 0) is 35.6 Å². The van der Waals surface area contributed by atoms with Crippen LogP contribution in [0.5, 0.6) is 0 Å². The van der Waals surface area contributed by atoms with Gasteiger partial charge in [-0.15, -0.1) is 0 Å². The minimum absolute atomic E-state index is 0.240. The Kier molecular flexibility index (Phi) is 3.15. The molecule has 1 aliphatic heterocycles. The smallest absolute Gasteiger partial charge is 0.125 e. The molecule has 1 aromatic carbocycles. The van der Waals surface area contributed by atoms with Crippen LogP contribution in [0, 0.1) is 17.7 Å². The molecule has 2 unspecified atom stereocenters. The average molecular weight is 222 g/mol. The quantitative estimate of drug-likeness (QED) is 0.779. The zero-order chi connectivity index (χ0) is 11.7. The van der Waals surface area contributed by atoms with Gasteiger partial charge in [-0.1, -0.05) is 13.8 Å². The number of nitrogens with two attached hydrogens (primary N) is 1. The van der Waals surface area contributed by atoms with Crippen molar-refractivity contribution < 1.29 is 4.39 Å². The molecule has 1 aliphatic rings. The summed E-state index contributed by atoms with van der Waals surface area (Å²) >= 11 is 0. The Morgan fingerprint density at radius 1 is 1.25 bits per heavy atom. The van der Waals surface area contributed by atoms with E-state index in [4.69, 9.17) is 5.73 Å². The van der Waals surface area contributed by atoms with Crippen molar-refractivity contribution >= 4 is 5.69 Å². The lowest BCUT2D eigenvalue weighted by Gasteiger charge is -2.15. The van der Waals surface area contributed by atoms with Crippen molar-refractivity contribution in [2.24, 2.45) is 11.8 Å². The first-order valence-corrected chi connectivity index (χ1v) is 5.82. The summed E-state index contributed by atoms with van der Waals surface area (Å²) in [5, 5.41) is 0.